The maximum atomic E-state index is 12.1. The lowest BCUT2D eigenvalue weighted by molar-refractivity contribution is -0.139. The summed E-state index contributed by atoms with van der Waals surface area (Å²) in [5.74, 6) is 0.0531. The molecule has 0 bridgehead atoms. The van der Waals surface area contributed by atoms with Crippen molar-refractivity contribution in [1.82, 2.24) is 0 Å². The van der Waals surface area contributed by atoms with Crippen LogP contribution in [0.4, 0.5) is 0 Å². The van der Waals surface area contributed by atoms with Crippen molar-refractivity contribution in [3.05, 3.63) is 65.7 Å². The quantitative estimate of drug-likeness (QED) is 0.407. The fourth-order valence-electron chi connectivity index (χ4n) is 3.00. The van der Waals surface area contributed by atoms with Crippen molar-refractivity contribution in [2.45, 2.75) is 39.5 Å². The van der Waals surface area contributed by atoms with Crippen LogP contribution >= 0.6 is 0 Å². The van der Waals surface area contributed by atoms with Gasteiger partial charge in [-0.1, -0.05) is 81.6 Å². The Labute approximate surface area is 162 Å². The van der Waals surface area contributed by atoms with E-state index < -0.39 is 0 Å². The number of carbonyl (C=O) groups is 1. The smallest absolute Gasteiger partial charge is 0.330 e. The Morgan fingerprint density at radius 1 is 1.15 bits per heavy atom. The normalized spacial score (nSPS) is 11.9. The highest BCUT2D eigenvalue weighted by molar-refractivity contribution is 5.88. The van der Waals surface area contributed by atoms with Crippen molar-refractivity contribution >= 4 is 12.0 Å². The Morgan fingerprint density at radius 2 is 1.93 bits per heavy atom. The van der Waals surface area contributed by atoms with Gasteiger partial charge in [0.2, 0.25) is 0 Å². The van der Waals surface area contributed by atoms with Crippen molar-refractivity contribution in [3.8, 4) is 17.2 Å². The Hall–Kier alpha value is -2.86. The number of ether oxygens (including phenoxy) is 1. The Bertz CT molecular complexity index is 803. The molecule has 3 nitrogen and oxygen atoms in total. The van der Waals surface area contributed by atoms with Crippen LogP contribution in [-0.4, -0.2) is 12.6 Å². The SMILES string of the molecule is CCCCC(CC)COC(=O)C=Cc1cccc(-c2ccccc2)c1C#N. The number of hydrogen-bond acceptors (Lipinski definition) is 3. The Kier molecular flexibility index (Phi) is 8.32. The van der Waals surface area contributed by atoms with E-state index in [1.165, 1.54) is 6.08 Å². The zero-order chi connectivity index (χ0) is 19.5. The first-order chi connectivity index (χ1) is 13.2. The van der Waals surface area contributed by atoms with Gasteiger partial charge >= 0.3 is 5.97 Å². The number of esters is 1. The third-order valence-electron chi connectivity index (χ3n) is 4.70. The number of nitriles is 1. The minimum atomic E-state index is -0.362. The van der Waals surface area contributed by atoms with Crippen LogP contribution in [-0.2, 0) is 9.53 Å². The van der Waals surface area contributed by atoms with Gasteiger partial charge in [-0.25, -0.2) is 4.79 Å². The molecule has 0 N–H and O–H groups in total. The zero-order valence-electron chi connectivity index (χ0n) is 16.2. The predicted octanol–water partition coefficient (Wildman–Crippen LogP) is 6.00. The zero-order valence-corrected chi connectivity index (χ0v) is 16.2. The summed E-state index contributed by atoms with van der Waals surface area (Å²) in [4.78, 5) is 12.1. The van der Waals surface area contributed by atoms with Crippen LogP contribution in [0, 0.1) is 17.2 Å². The third-order valence-corrected chi connectivity index (χ3v) is 4.70. The maximum Gasteiger partial charge on any atom is 0.330 e. The molecule has 0 heterocycles. The number of rotatable bonds is 9. The fourth-order valence-corrected chi connectivity index (χ4v) is 3.00. The number of benzene rings is 2. The van der Waals surface area contributed by atoms with Crippen LogP contribution in [0.1, 0.15) is 50.7 Å². The van der Waals surface area contributed by atoms with Crippen LogP contribution in [0.25, 0.3) is 17.2 Å². The molecule has 0 radical (unpaired) electrons. The number of unbranched alkanes of at least 4 members (excludes halogenated alkanes) is 1. The number of hydrogen-bond donors (Lipinski definition) is 0. The van der Waals surface area contributed by atoms with Gasteiger partial charge in [-0.3, -0.25) is 0 Å². The van der Waals surface area contributed by atoms with Crippen LogP contribution < -0.4 is 0 Å². The summed E-state index contributed by atoms with van der Waals surface area (Å²) in [6, 6.07) is 17.7. The van der Waals surface area contributed by atoms with E-state index in [1.807, 2.05) is 48.5 Å². The van der Waals surface area contributed by atoms with E-state index in [4.69, 9.17) is 4.74 Å². The van der Waals surface area contributed by atoms with E-state index in [-0.39, 0.29) is 5.97 Å². The third kappa shape index (κ3) is 6.11. The van der Waals surface area contributed by atoms with Crippen LogP contribution in [0.15, 0.2) is 54.6 Å². The average Bonchev–Trinajstić information content (AvgIpc) is 2.72. The van der Waals surface area contributed by atoms with E-state index in [0.29, 0.717) is 23.7 Å². The monoisotopic (exact) mass is 361 g/mol. The first-order valence-corrected chi connectivity index (χ1v) is 9.62. The highest BCUT2D eigenvalue weighted by Gasteiger charge is 2.10. The lowest BCUT2D eigenvalue weighted by Gasteiger charge is -2.13. The van der Waals surface area contributed by atoms with Crippen LogP contribution in [0.2, 0.25) is 0 Å². The number of nitrogens with zero attached hydrogens (tertiary/aromatic N) is 1. The van der Waals surface area contributed by atoms with E-state index in [0.717, 1.165) is 36.8 Å². The van der Waals surface area contributed by atoms with Crippen LogP contribution in [0.5, 0.6) is 0 Å². The summed E-state index contributed by atoms with van der Waals surface area (Å²) in [6.45, 7) is 4.74. The van der Waals surface area contributed by atoms with Crippen molar-refractivity contribution in [2.24, 2.45) is 5.92 Å². The molecule has 0 amide bonds. The molecule has 2 aromatic rings. The van der Waals surface area contributed by atoms with Gasteiger partial charge in [0.1, 0.15) is 6.07 Å². The molecule has 2 rings (SSSR count). The minimum Gasteiger partial charge on any atom is -0.462 e. The van der Waals surface area contributed by atoms with Gasteiger partial charge in [-0.2, -0.15) is 5.26 Å². The average molecular weight is 361 g/mol. The molecule has 140 valence electrons. The van der Waals surface area contributed by atoms with Gasteiger partial charge in [-0.05, 0) is 29.5 Å². The minimum absolute atomic E-state index is 0.362. The molecule has 1 atom stereocenters. The lowest BCUT2D eigenvalue weighted by atomic mass is 9.96. The highest BCUT2D eigenvalue weighted by atomic mass is 16.5. The first-order valence-electron chi connectivity index (χ1n) is 9.62. The van der Waals surface area contributed by atoms with Gasteiger partial charge in [-0.15, -0.1) is 0 Å². The topological polar surface area (TPSA) is 50.1 Å². The molecule has 0 fully saturated rings. The first kappa shape index (κ1) is 20.5. The molecule has 0 spiro atoms. The molecule has 0 aliphatic rings. The van der Waals surface area contributed by atoms with Crippen molar-refractivity contribution in [1.29, 1.82) is 5.26 Å². The Balaban J connectivity index is 2.08. The van der Waals surface area contributed by atoms with Gasteiger partial charge < -0.3 is 4.74 Å². The van der Waals surface area contributed by atoms with E-state index >= 15 is 0 Å². The molecule has 3 heteroatoms. The molecule has 0 saturated heterocycles. The van der Waals surface area contributed by atoms with E-state index in [2.05, 4.69) is 19.9 Å². The summed E-state index contributed by atoms with van der Waals surface area (Å²) in [5, 5.41) is 9.62. The molecule has 0 aliphatic heterocycles. The Morgan fingerprint density at radius 3 is 2.59 bits per heavy atom. The highest BCUT2D eigenvalue weighted by Crippen LogP contribution is 2.26. The lowest BCUT2D eigenvalue weighted by Crippen LogP contribution is -2.12. The molecule has 27 heavy (non-hydrogen) atoms. The second kappa shape index (κ2) is 11.0. The van der Waals surface area contributed by atoms with Crippen molar-refractivity contribution in [3.63, 3.8) is 0 Å². The van der Waals surface area contributed by atoms with Crippen molar-refractivity contribution in [2.75, 3.05) is 6.61 Å². The largest absolute Gasteiger partial charge is 0.462 e. The maximum absolute atomic E-state index is 12.1. The molecule has 0 saturated carbocycles. The van der Waals surface area contributed by atoms with Crippen molar-refractivity contribution < 1.29 is 9.53 Å². The summed E-state index contributed by atoms with van der Waals surface area (Å²) >= 11 is 0. The summed E-state index contributed by atoms with van der Waals surface area (Å²) in [7, 11) is 0. The molecular formula is C24H27NO2. The van der Waals surface area contributed by atoms with Gasteiger partial charge in [0.05, 0.1) is 12.2 Å². The standard InChI is InChI=1S/C24H27NO2/c1-3-5-10-19(4-2)18-27-24(26)16-15-21-13-9-14-22(23(21)17-25)20-11-7-6-8-12-20/h6-9,11-16,19H,3-5,10,18H2,1-2H3. The summed E-state index contributed by atoms with van der Waals surface area (Å²) < 4.78 is 5.39. The second-order valence-corrected chi connectivity index (χ2v) is 6.63. The molecular weight excluding hydrogens is 334 g/mol. The van der Waals surface area contributed by atoms with Gasteiger partial charge in [0.15, 0.2) is 0 Å². The van der Waals surface area contributed by atoms with Crippen LogP contribution in [0.3, 0.4) is 0 Å². The second-order valence-electron chi connectivity index (χ2n) is 6.63. The van der Waals surface area contributed by atoms with Gasteiger partial charge in [0, 0.05) is 11.6 Å². The molecule has 1 unspecified atom stereocenters. The predicted molar refractivity (Wildman–Crippen MR) is 110 cm³/mol. The number of carbonyl (C=O) groups excluding carboxylic acids is 1. The molecule has 0 aromatic heterocycles. The summed E-state index contributed by atoms with van der Waals surface area (Å²) in [6.07, 6.45) is 7.48. The van der Waals surface area contributed by atoms with E-state index in [1.54, 1.807) is 6.08 Å². The molecule has 0 aliphatic carbocycles. The fraction of sp³-hybridized carbons (Fsp3) is 0.333. The van der Waals surface area contributed by atoms with E-state index in [9.17, 15) is 10.1 Å². The summed E-state index contributed by atoms with van der Waals surface area (Å²) in [5.41, 5.74) is 3.11. The molecule has 2 aromatic carbocycles. The van der Waals surface area contributed by atoms with Gasteiger partial charge in [0.25, 0.3) is 0 Å².